The van der Waals surface area contributed by atoms with Crippen LogP contribution < -0.4 is 0 Å². The van der Waals surface area contributed by atoms with Crippen molar-refractivity contribution in [2.24, 2.45) is 5.92 Å². The third-order valence-electron chi connectivity index (χ3n) is 3.93. The molecule has 1 amide bonds. The zero-order valence-corrected chi connectivity index (χ0v) is 11.6. The number of nitrogens with zero attached hydrogens (tertiary/aromatic N) is 1. The number of carbonyl (C=O) groups is 1. The fourth-order valence-electron chi connectivity index (χ4n) is 2.83. The Morgan fingerprint density at radius 3 is 2.74 bits per heavy atom. The van der Waals surface area contributed by atoms with Crippen LogP contribution in [0.3, 0.4) is 0 Å². The van der Waals surface area contributed by atoms with Gasteiger partial charge in [-0.3, -0.25) is 4.79 Å². The molecule has 19 heavy (non-hydrogen) atoms. The highest BCUT2D eigenvalue weighted by molar-refractivity contribution is 5.79. The van der Waals surface area contributed by atoms with Gasteiger partial charge in [0.25, 0.3) is 0 Å². The summed E-state index contributed by atoms with van der Waals surface area (Å²) in [5.74, 6) is 1.21. The van der Waals surface area contributed by atoms with Gasteiger partial charge in [-0.15, -0.1) is 0 Å². The molecule has 0 bridgehead atoms. The Kier molecular flexibility index (Phi) is 4.83. The molecular formula is C16H23NO2. The van der Waals surface area contributed by atoms with Crippen LogP contribution in [0.1, 0.15) is 38.2 Å². The number of phenols is 1. The molecule has 1 aliphatic heterocycles. The van der Waals surface area contributed by atoms with Crippen molar-refractivity contribution in [3.05, 3.63) is 29.8 Å². The minimum absolute atomic E-state index is 0.181. The van der Waals surface area contributed by atoms with E-state index >= 15 is 0 Å². The van der Waals surface area contributed by atoms with E-state index in [9.17, 15) is 9.90 Å². The molecule has 0 unspecified atom stereocenters. The molecule has 1 N–H and O–H groups in total. The summed E-state index contributed by atoms with van der Waals surface area (Å²) in [6.45, 7) is 4.00. The van der Waals surface area contributed by atoms with E-state index in [2.05, 4.69) is 6.92 Å². The number of rotatable bonds is 4. The number of amides is 1. The van der Waals surface area contributed by atoms with Crippen LogP contribution in [0.2, 0.25) is 0 Å². The molecule has 1 heterocycles. The fraction of sp³-hybridized carbons (Fsp3) is 0.562. The second kappa shape index (κ2) is 6.60. The van der Waals surface area contributed by atoms with Crippen molar-refractivity contribution in [2.45, 2.75) is 39.0 Å². The summed E-state index contributed by atoms with van der Waals surface area (Å²) in [6.07, 6.45) is 5.20. The summed E-state index contributed by atoms with van der Waals surface area (Å²) < 4.78 is 0. The van der Waals surface area contributed by atoms with Gasteiger partial charge in [-0.05, 0) is 36.5 Å². The van der Waals surface area contributed by atoms with Gasteiger partial charge < -0.3 is 10.0 Å². The summed E-state index contributed by atoms with van der Waals surface area (Å²) in [7, 11) is 0. The molecule has 2 rings (SSSR count). The van der Waals surface area contributed by atoms with Crippen LogP contribution in [-0.4, -0.2) is 29.0 Å². The Morgan fingerprint density at radius 2 is 2.11 bits per heavy atom. The van der Waals surface area contributed by atoms with E-state index in [1.807, 2.05) is 11.0 Å². The Bertz CT molecular complexity index is 423. The van der Waals surface area contributed by atoms with E-state index in [4.69, 9.17) is 0 Å². The first-order valence-electron chi connectivity index (χ1n) is 7.24. The Labute approximate surface area is 115 Å². The maximum Gasteiger partial charge on any atom is 0.226 e. The van der Waals surface area contributed by atoms with Crippen LogP contribution in [0.5, 0.6) is 5.75 Å². The van der Waals surface area contributed by atoms with Crippen molar-refractivity contribution in [1.82, 2.24) is 4.90 Å². The van der Waals surface area contributed by atoms with Gasteiger partial charge in [0, 0.05) is 13.1 Å². The van der Waals surface area contributed by atoms with E-state index in [1.54, 1.807) is 18.2 Å². The van der Waals surface area contributed by atoms with Gasteiger partial charge in [-0.25, -0.2) is 0 Å². The van der Waals surface area contributed by atoms with Crippen molar-refractivity contribution in [3.63, 3.8) is 0 Å². The van der Waals surface area contributed by atoms with Crippen molar-refractivity contribution in [1.29, 1.82) is 0 Å². The normalized spacial score (nSPS) is 16.6. The molecule has 1 aliphatic rings. The quantitative estimate of drug-likeness (QED) is 0.905. The Balaban J connectivity index is 1.84. The third kappa shape index (κ3) is 3.98. The maximum absolute atomic E-state index is 12.2. The number of likely N-dealkylation sites (tertiary alicyclic amines) is 1. The molecule has 0 aromatic heterocycles. The molecule has 1 aromatic carbocycles. The number of aromatic hydroxyl groups is 1. The molecule has 1 saturated heterocycles. The highest BCUT2D eigenvalue weighted by Gasteiger charge is 2.22. The van der Waals surface area contributed by atoms with Crippen LogP contribution in [0, 0.1) is 5.92 Å². The zero-order valence-electron chi connectivity index (χ0n) is 11.6. The first kappa shape index (κ1) is 13.9. The van der Waals surface area contributed by atoms with Gasteiger partial charge in [0.2, 0.25) is 5.91 Å². The van der Waals surface area contributed by atoms with E-state index < -0.39 is 0 Å². The van der Waals surface area contributed by atoms with E-state index in [-0.39, 0.29) is 11.7 Å². The van der Waals surface area contributed by atoms with Crippen molar-refractivity contribution < 1.29 is 9.90 Å². The second-order valence-corrected chi connectivity index (χ2v) is 5.46. The van der Waals surface area contributed by atoms with Crippen LogP contribution in [0.4, 0.5) is 0 Å². The number of hydrogen-bond donors (Lipinski definition) is 1. The lowest BCUT2D eigenvalue weighted by atomic mass is 9.92. The molecule has 0 saturated carbocycles. The van der Waals surface area contributed by atoms with Gasteiger partial charge in [0.15, 0.2) is 0 Å². The lowest BCUT2D eigenvalue weighted by Gasteiger charge is -2.32. The van der Waals surface area contributed by atoms with Gasteiger partial charge in [0.05, 0.1) is 6.42 Å². The fourth-order valence-corrected chi connectivity index (χ4v) is 2.83. The summed E-state index contributed by atoms with van der Waals surface area (Å²) >= 11 is 0. The largest absolute Gasteiger partial charge is 0.508 e. The number of phenolic OH excluding ortho intramolecular Hbond substituents is 1. The van der Waals surface area contributed by atoms with Gasteiger partial charge in [0.1, 0.15) is 5.75 Å². The molecule has 0 spiro atoms. The molecule has 0 radical (unpaired) electrons. The van der Waals surface area contributed by atoms with Crippen molar-refractivity contribution >= 4 is 5.91 Å². The maximum atomic E-state index is 12.2. The van der Waals surface area contributed by atoms with Crippen LogP contribution in [0.25, 0.3) is 0 Å². The van der Waals surface area contributed by atoms with Crippen LogP contribution in [-0.2, 0) is 11.2 Å². The minimum Gasteiger partial charge on any atom is -0.508 e. The third-order valence-corrected chi connectivity index (χ3v) is 3.93. The topological polar surface area (TPSA) is 40.5 Å². The monoisotopic (exact) mass is 261 g/mol. The Morgan fingerprint density at radius 1 is 1.37 bits per heavy atom. The molecule has 1 aromatic rings. The van der Waals surface area contributed by atoms with Crippen LogP contribution in [0.15, 0.2) is 24.3 Å². The lowest BCUT2D eigenvalue weighted by Crippen LogP contribution is -2.39. The highest BCUT2D eigenvalue weighted by Crippen LogP contribution is 2.22. The molecule has 0 atom stereocenters. The first-order chi connectivity index (χ1) is 9.19. The van der Waals surface area contributed by atoms with Crippen molar-refractivity contribution in [2.75, 3.05) is 13.1 Å². The second-order valence-electron chi connectivity index (χ2n) is 5.46. The average Bonchev–Trinajstić information content (AvgIpc) is 2.40. The minimum atomic E-state index is 0.181. The predicted octanol–water partition coefficient (Wildman–Crippen LogP) is 2.97. The van der Waals surface area contributed by atoms with Gasteiger partial charge >= 0.3 is 0 Å². The molecule has 3 nitrogen and oxygen atoms in total. The van der Waals surface area contributed by atoms with E-state index in [0.29, 0.717) is 6.42 Å². The lowest BCUT2D eigenvalue weighted by molar-refractivity contribution is -0.131. The van der Waals surface area contributed by atoms with Gasteiger partial charge in [-0.2, -0.15) is 0 Å². The number of carbonyl (C=O) groups excluding carboxylic acids is 1. The standard InChI is InChI=1S/C16H23NO2/c1-2-4-13-7-9-17(10-8-13)16(19)12-14-5-3-6-15(18)11-14/h3,5-6,11,13,18H,2,4,7-10,12H2,1H3. The number of piperidine rings is 1. The Hall–Kier alpha value is -1.51. The average molecular weight is 261 g/mol. The zero-order chi connectivity index (χ0) is 13.7. The molecule has 104 valence electrons. The highest BCUT2D eigenvalue weighted by atomic mass is 16.3. The molecular weight excluding hydrogens is 238 g/mol. The van der Waals surface area contributed by atoms with Crippen molar-refractivity contribution in [3.8, 4) is 5.75 Å². The summed E-state index contributed by atoms with van der Waals surface area (Å²) in [5, 5.41) is 9.41. The van der Waals surface area contributed by atoms with E-state index in [0.717, 1.165) is 37.4 Å². The number of benzene rings is 1. The predicted molar refractivity (Wildman–Crippen MR) is 76.0 cm³/mol. The smallest absolute Gasteiger partial charge is 0.226 e. The number of hydrogen-bond acceptors (Lipinski definition) is 2. The summed E-state index contributed by atoms with van der Waals surface area (Å²) in [6, 6.07) is 6.97. The SMILES string of the molecule is CCCC1CCN(C(=O)Cc2cccc(O)c2)CC1. The summed E-state index contributed by atoms with van der Waals surface area (Å²) in [4.78, 5) is 14.2. The molecule has 1 fully saturated rings. The van der Waals surface area contributed by atoms with E-state index in [1.165, 1.54) is 12.8 Å². The van der Waals surface area contributed by atoms with Gasteiger partial charge in [-0.1, -0.05) is 31.9 Å². The summed E-state index contributed by atoms with van der Waals surface area (Å²) in [5.41, 5.74) is 0.890. The molecule has 0 aliphatic carbocycles. The molecule has 3 heteroatoms. The van der Waals surface area contributed by atoms with Crippen LogP contribution >= 0.6 is 0 Å². The first-order valence-corrected chi connectivity index (χ1v) is 7.24.